The van der Waals surface area contributed by atoms with Gasteiger partial charge in [-0.3, -0.25) is 14.9 Å². The number of nitrogens with zero attached hydrogens (tertiary/aromatic N) is 3. The SMILES string of the molecule is Cc1ccc(C(=O)N2CCN(c3ccc([N+](=O)[O-])c(NCCc4ccccc4)c3)CC2)cc1. The molecule has 7 nitrogen and oxygen atoms in total. The van der Waals surface area contributed by atoms with Crippen molar-refractivity contribution >= 4 is 23.0 Å². The van der Waals surface area contributed by atoms with Gasteiger partial charge in [0.25, 0.3) is 11.6 Å². The Morgan fingerprint density at radius 2 is 1.67 bits per heavy atom. The average molecular weight is 445 g/mol. The van der Waals surface area contributed by atoms with Crippen molar-refractivity contribution in [3.8, 4) is 0 Å². The molecule has 1 N–H and O–H groups in total. The molecule has 7 heteroatoms. The Hall–Kier alpha value is -3.87. The van der Waals surface area contributed by atoms with Crippen LogP contribution in [0.4, 0.5) is 17.1 Å². The smallest absolute Gasteiger partial charge is 0.292 e. The van der Waals surface area contributed by atoms with Gasteiger partial charge in [-0.15, -0.1) is 0 Å². The van der Waals surface area contributed by atoms with Crippen molar-refractivity contribution in [2.75, 3.05) is 42.9 Å². The van der Waals surface area contributed by atoms with Crippen LogP contribution in [-0.4, -0.2) is 48.5 Å². The Morgan fingerprint density at radius 1 is 0.970 bits per heavy atom. The van der Waals surface area contributed by atoms with Crippen molar-refractivity contribution in [2.45, 2.75) is 13.3 Å². The normalized spacial score (nSPS) is 13.6. The number of nitrogens with one attached hydrogen (secondary N) is 1. The summed E-state index contributed by atoms with van der Waals surface area (Å²) in [4.78, 5) is 28.0. The Morgan fingerprint density at radius 3 is 2.33 bits per heavy atom. The highest BCUT2D eigenvalue weighted by Gasteiger charge is 2.24. The molecule has 170 valence electrons. The van der Waals surface area contributed by atoms with Crippen LogP contribution < -0.4 is 10.2 Å². The van der Waals surface area contributed by atoms with Crippen LogP contribution in [0.1, 0.15) is 21.5 Å². The molecule has 1 saturated heterocycles. The van der Waals surface area contributed by atoms with Crippen LogP contribution in [0, 0.1) is 17.0 Å². The second-order valence-corrected chi connectivity index (χ2v) is 8.27. The van der Waals surface area contributed by atoms with E-state index in [4.69, 9.17) is 0 Å². The third kappa shape index (κ3) is 5.49. The lowest BCUT2D eigenvalue weighted by molar-refractivity contribution is -0.383. The number of nitro groups is 1. The Balaban J connectivity index is 1.40. The molecule has 1 heterocycles. The summed E-state index contributed by atoms with van der Waals surface area (Å²) in [5.74, 6) is 0.0432. The molecular weight excluding hydrogens is 416 g/mol. The molecule has 1 aliphatic heterocycles. The first-order chi connectivity index (χ1) is 16.0. The maximum Gasteiger partial charge on any atom is 0.292 e. The van der Waals surface area contributed by atoms with E-state index in [1.807, 2.05) is 72.5 Å². The summed E-state index contributed by atoms with van der Waals surface area (Å²) in [6.07, 6.45) is 0.780. The molecule has 1 amide bonds. The second kappa shape index (κ2) is 10.2. The van der Waals surface area contributed by atoms with Crippen molar-refractivity contribution in [1.29, 1.82) is 0 Å². The molecule has 0 radical (unpaired) electrons. The van der Waals surface area contributed by atoms with Gasteiger partial charge in [0.1, 0.15) is 5.69 Å². The Bertz CT molecular complexity index is 1110. The zero-order valence-electron chi connectivity index (χ0n) is 18.7. The first kappa shape index (κ1) is 22.3. The molecular formula is C26H28N4O3. The lowest BCUT2D eigenvalue weighted by atomic mass is 10.1. The first-order valence-electron chi connectivity index (χ1n) is 11.2. The van der Waals surface area contributed by atoms with Gasteiger partial charge in [-0.2, -0.15) is 0 Å². The number of hydrogen-bond acceptors (Lipinski definition) is 5. The zero-order valence-corrected chi connectivity index (χ0v) is 18.7. The maximum absolute atomic E-state index is 12.8. The average Bonchev–Trinajstić information content (AvgIpc) is 2.85. The van der Waals surface area contributed by atoms with Gasteiger partial charge >= 0.3 is 0 Å². The van der Waals surface area contributed by atoms with Crippen LogP contribution in [0.5, 0.6) is 0 Å². The molecule has 0 unspecified atom stereocenters. The largest absolute Gasteiger partial charge is 0.379 e. The summed E-state index contributed by atoms with van der Waals surface area (Å²) >= 11 is 0. The minimum absolute atomic E-state index is 0.0432. The Labute approximate surface area is 193 Å². The van der Waals surface area contributed by atoms with E-state index in [2.05, 4.69) is 10.2 Å². The summed E-state index contributed by atoms with van der Waals surface area (Å²) in [7, 11) is 0. The number of carbonyl (C=O) groups excluding carboxylic acids is 1. The summed E-state index contributed by atoms with van der Waals surface area (Å²) in [5.41, 5.74) is 4.52. The third-order valence-electron chi connectivity index (χ3n) is 5.98. The van der Waals surface area contributed by atoms with Gasteiger partial charge < -0.3 is 15.1 Å². The van der Waals surface area contributed by atoms with E-state index >= 15 is 0 Å². The van der Waals surface area contributed by atoms with Crippen LogP contribution in [-0.2, 0) is 6.42 Å². The number of amides is 1. The highest BCUT2D eigenvalue weighted by atomic mass is 16.6. The van der Waals surface area contributed by atoms with E-state index in [-0.39, 0.29) is 16.5 Å². The zero-order chi connectivity index (χ0) is 23.2. The van der Waals surface area contributed by atoms with E-state index in [9.17, 15) is 14.9 Å². The van der Waals surface area contributed by atoms with Crippen molar-refractivity contribution in [3.63, 3.8) is 0 Å². The van der Waals surface area contributed by atoms with E-state index in [1.54, 1.807) is 12.1 Å². The molecule has 0 bridgehead atoms. The van der Waals surface area contributed by atoms with Crippen molar-refractivity contribution < 1.29 is 9.72 Å². The molecule has 4 rings (SSSR count). The second-order valence-electron chi connectivity index (χ2n) is 8.27. The molecule has 3 aromatic carbocycles. The fourth-order valence-electron chi connectivity index (χ4n) is 4.05. The van der Waals surface area contributed by atoms with Crippen molar-refractivity contribution in [2.24, 2.45) is 0 Å². The number of anilines is 2. The van der Waals surface area contributed by atoms with Crippen LogP contribution in [0.3, 0.4) is 0 Å². The van der Waals surface area contributed by atoms with Gasteiger partial charge in [-0.25, -0.2) is 0 Å². The molecule has 0 saturated carbocycles. The Kier molecular flexibility index (Phi) is 6.88. The number of nitro benzene ring substituents is 1. The predicted molar refractivity (Wildman–Crippen MR) is 131 cm³/mol. The highest BCUT2D eigenvalue weighted by Crippen LogP contribution is 2.30. The maximum atomic E-state index is 12.8. The fraction of sp³-hybridized carbons (Fsp3) is 0.269. The molecule has 0 aliphatic carbocycles. The fourth-order valence-corrected chi connectivity index (χ4v) is 4.05. The minimum atomic E-state index is -0.354. The molecule has 0 atom stereocenters. The van der Waals surface area contributed by atoms with Gasteiger partial charge in [0.2, 0.25) is 0 Å². The van der Waals surface area contributed by atoms with Gasteiger partial charge in [0, 0.05) is 50.0 Å². The van der Waals surface area contributed by atoms with Crippen LogP contribution in [0.25, 0.3) is 0 Å². The molecule has 3 aromatic rings. The van der Waals surface area contributed by atoms with Gasteiger partial charge in [-0.1, -0.05) is 48.0 Å². The standard InChI is InChI=1S/C26H28N4O3/c1-20-7-9-22(10-8-20)26(31)29-17-15-28(16-18-29)23-11-12-25(30(32)33)24(19-23)27-14-13-21-5-3-2-4-6-21/h2-12,19,27H,13-18H2,1H3. The summed E-state index contributed by atoms with van der Waals surface area (Å²) < 4.78 is 0. The number of hydrogen-bond donors (Lipinski definition) is 1. The van der Waals surface area contributed by atoms with Gasteiger partial charge in [0.15, 0.2) is 0 Å². The summed E-state index contributed by atoms with van der Waals surface area (Å²) in [6, 6.07) is 22.9. The monoisotopic (exact) mass is 444 g/mol. The summed E-state index contributed by atoms with van der Waals surface area (Å²) in [6.45, 7) is 5.19. The van der Waals surface area contributed by atoms with Crippen molar-refractivity contribution in [1.82, 2.24) is 4.90 Å². The lowest BCUT2D eigenvalue weighted by Crippen LogP contribution is -2.48. The van der Waals surface area contributed by atoms with E-state index in [1.165, 1.54) is 5.56 Å². The first-order valence-corrected chi connectivity index (χ1v) is 11.2. The minimum Gasteiger partial charge on any atom is -0.379 e. The molecule has 0 aromatic heterocycles. The van der Waals surface area contributed by atoms with Crippen molar-refractivity contribution in [3.05, 3.63) is 99.6 Å². The van der Waals surface area contributed by atoms with Crippen LogP contribution in [0.2, 0.25) is 0 Å². The molecule has 1 aliphatic rings. The van der Waals surface area contributed by atoms with E-state index in [0.29, 0.717) is 44.0 Å². The number of rotatable bonds is 7. The molecule has 1 fully saturated rings. The quantitative estimate of drug-likeness (QED) is 0.428. The van der Waals surface area contributed by atoms with Crippen LogP contribution >= 0.6 is 0 Å². The highest BCUT2D eigenvalue weighted by molar-refractivity contribution is 5.94. The van der Waals surface area contributed by atoms with Gasteiger partial charge in [0.05, 0.1) is 4.92 Å². The number of benzene rings is 3. The number of piperazine rings is 1. The van der Waals surface area contributed by atoms with E-state index in [0.717, 1.165) is 17.7 Å². The number of carbonyl (C=O) groups is 1. The molecule has 33 heavy (non-hydrogen) atoms. The predicted octanol–water partition coefficient (Wildman–Crippen LogP) is 4.52. The third-order valence-corrected chi connectivity index (χ3v) is 5.98. The summed E-state index contributed by atoms with van der Waals surface area (Å²) in [5, 5.41) is 14.8. The van der Waals surface area contributed by atoms with Gasteiger partial charge in [-0.05, 0) is 43.2 Å². The van der Waals surface area contributed by atoms with Crippen LogP contribution in [0.15, 0.2) is 72.8 Å². The van der Waals surface area contributed by atoms with E-state index < -0.39 is 0 Å². The lowest BCUT2D eigenvalue weighted by Gasteiger charge is -2.36. The topological polar surface area (TPSA) is 78.7 Å². The number of aryl methyl sites for hydroxylation is 1. The molecule has 0 spiro atoms.